The molecule has 182 valence electrons. The van der Waals surface area contributed by atoms with Gasteiger partial charge in [0.05, 0.1) is 24.8 Å². The Morgan fingerprint density at radius 3 is 2.24 bits per heavy atom. The zero-order valence-corrected chi connectivity index (χ0v) is 20.3. The first kappa shape index (κ1) is 23.8. The lowest BCUT2D eigenvalue weighted by Gasteiger charge is -2.34. The summed E-state index contributed by atoms with van der Waals surface area (Å²) in [7, 11) is -0.812. The molecule has 2 aliphatic heterocycles. The summed E-state index contributed by atoms with van der Waals surface area (Å²) in [6.45, 7) is 4.06. The number of fused-ring (bicyclic) bond motifs is 1. The Morgan fingerprint density at radius 2 is 1.65 bits per heavy atom. The molecule has 2 aromatic carbocycles. The van der Waals surface area contributed by atoms with Crippen LogP contribution in [0.1, 0.15) is 22.8 Å². The maximum atomic E-state index is 13.4. The Morgan fingerprint density at radius 1 is 1.03 bits per heavy atom. The van der Waals surface area contributed by atoms with Gasteiger partial charge in [0.25, 0.3) is 11.8 Å². The second-order valence-corrected chi connectivity index (χ2v) is 10.1. The van der Waals surface area contributed by atoms with E-state index in [0.717, 1.165) is 0 Å². The summed E-state index contributed by atoms with van der Waals surface area (Å²) in [4.78, 5) is 26.6. The molecule has 0 aliphatic carbocycles. The number of nitrogens with one attached hydrogen (secondary N) is 1. The van der Waals surface area contributed by atoms with Crippen LogP contribution in [0.3, 0.4) is 0 Å². The second kappa shape index (κ2) is 9.15. The van der Waals surface area contributed by atoms with Crippen molar-refractivity contribution < 1.29 is 32.2 Å². The number of carbonyl (C=O) groups excluding carboxylic acids is 2. The SMILES string of the molecule is COc1cc(OC)cc(C(=O)N2CCN(S(=O)(=O)c3cc4c(cc3C)NC(=O)[C@H](C)O4)CC2)c1. The van der Waals surface area contributed by atoms with Crippen molar-refractivity contribution in [3.8, 4) is 17.2 Å². The fraction of sp³-hybridized carbons (Fsp3) is 0.391. The Kier molecular flexibility index (Phi) is 6.41. The molecule has 2 amide bonds. The van der Waals surface area contributed by atoms with Crippen LogP contribution >= 0.6 is 0 Å². The summed E-state index contributed by atoms with van der Waals surface area (Å²) < 4.78 is 44.2. The number of piperazine rings is 1. The largest absolute Gasteiger partial charge is 0.497 e. The van der Waals surface area contributed by atoms with E-state index in [-0.39, 0.29) is 42.9 Å². The lowest BCUT2D eigenvalue weighted by molar-refractivity contribution is -0.122. The van der Waals surface area contributed by atoms with Gasteiger partial charge in [0.1, 0.15) is 17.2 Å². The molecule has 0 unspecified atom stereocenters. The van der Waals surface area contributed by atoms with Crippen LogP contribution in [0.5, 0.6) is 17.2 Å². The number of sulfonamides is 1. The average Bonchev–Trinajstić information content (AvgIpc) is 2.83. The first-order valence-electron chi connectivity index (χ1n) is 10.8. The number of ether oxygens (including phenoxy) is 3. The third kappa shape index (κ3) is 4.40. The molecule has 0 saturated carbocycles. The Bertz CT molecular complexity index is 1220. The highest BCUT2D eigenvalue weighted by atomic mass is 32.2. The second-order valence-electron chi connectivity index (χ2n) is 8.16. The number of hydrogen-bond donors (Lipinski definition) is 1. The predicted octanol–water partition coefficient (Wildman–Crippen LogP) is 1.88. The molecule has 4 rings (SSSR count). The molecule has 2 heterocycles. The number of hydrogen-bond acceptors (Lipinski definition) is 7. The van der Waals surface area contributed by atoms with Crippen LogP contribution < -0.4 is 19.5 Å². The van der Waals surface area contributed by atoms with Crippen molar-refractivity contribution in [1.82, 2.24) is 9.21 Å². The molecular formula is C23H27N3O7S. The van der Waals surface area contributed by atoms with Crippen LogP contribution in [0.25, 0.3) is 0 Å². The minimum absolute atomic E-state index is 0.118. The van der Waals surface area contributed by atoms with E-state index in [1.807, 2.05) is 0 Å². The third-order valence-electron chi connectivity index (χ3n) is 5.95. The number of rotatable bonds is 5. The molecule has 10 nitrogen and oxygen atoms in total. The first-order chi connectivity index (χ1) is 16.1. The van der Waals surface area contributed by atoms with E-state index < -0.39 is 16.1 Å². The summed E-state index contributed by atoms with van der Waals surface area (Å²) in [5.41, 5.74) is 1.36. The minimum Gasteiger partial charge on any atom is -0.497 e. The van der Waals surface area contributed by atoms with E-state index in [0.29, 0.717) is 34.1 Å². The quantitative estimate of drug-likeness (QED) is 0.682. The highest BCUT2D eigenvalue weighted by Gasteiger charge is 2.33. The van der Waals surface area contributed by atoms with Crippen molar-refractivity contribution in [1.29, 1.82) is 0 Å². The number of methoxy groups -OCH3 is 2. The maximum Gasteiger partial charge on any atom is 0.265 e. The summed E-state index contributed by atoms with van der Waals surface area (Å²) in [5.74, 6) is 0.811. The molecule has 0 bridgehead atoms. The Labute approximate surface area is 198 Å². The van der Waals surface area contributed by atoms with Crippen LogP contribution in [0.15, 0.2) is 35.2 Å². The summed E-state index contributed by atoms with van der Waals surface area (Å²) >= 11 is 0. The van der Waals surface area contributed by atoms with E-state index in [4.69, 9.17) is 14.2 Å². The van der Waals surface area contributed by atoms with E-state index in [1.54, 1.807) is 43.0 Å². The lowest BCUT2D eigenvalue weighted by Crippen LogP contribution is -2.50. The van der Waals surface area contributed by atoms with Gasteiger partial charge in [-0.05, 0) is 37.6 Å². The molecule has 0 spiro atoms. The monoisotopic (exact) mass is 489 g/mol. The normalized spacial score (nSPS) is 18.5. The number of amides is 2. The topological polar surface area (TPSA) is 114 Å². The van der Waals surface area contributed by atoms with Crippen LogP contribution in [0.2, 0.25) is 0 Å². The van der Waals surface area contributed by atoms with Crippen molar-refractivity contribution in [2.24, 2.45) is 0 Å². The highest BCUT2D eigenvalue weighted by molar-refractivity contribution is 7.89. The van der Waals surface area contributed by atoms with Gasteiger partial charge in [-0.25, -0.2) is 8.42 Å². The number of aryl methyl sites for hydroxylation is 1. The molecule has 1 saturated heterocycles. The molecule has 0 radical (unpaired) electrons. The van der Waals surface area contributed by atoms with E-state index in [1.165, 1.54) is 24.6 Å². The number of carbonyl (C=O) groups is 2. The van der Waals surface area contributed by atoms with Gasteiger partial charge in [-0.1, -0.05) is 0 Å². The molecule has 11 heteroatoms. The average molecular weight is 490 g/mol. The van der Waals surface area contributed by atoms with Crippen molar-refractivity contribution in [3.05, 3.63) is 41.5 Å². The molecule has 2 aromatic rings. The molecule has 1 fully saturated rings. The van der Waals surface area contributed by atoms with Crippen molar-refractivity contribution >= 4 is 27.5 Å². The van der Waals surface area contributed by atoms with Gasteiger partial charge in [-0.2, -0.15) is 4.31 Å². The van der Waals surface area contributed by atoms with E-state index in [2.05, 4.69) is 5.32 Å². The minimum atomic E-state index is -3.83. The van der Waals surface area contributed by atoms with Gasteiger partial charge < -0.3 is 24.4 Å². The summed E-state index contributed by atoms with van der Waals surface area (Å²) in [6.07, 6.45) is -0.712. The summed E-state index contributed by atoms with van der Waals surface area (Å²) in [5, 5.41) is 2.72. The molecule has 34 heavy (non-hydrogen) atoms. The van der Waals surface area contributed by atoms with Gasteiger partial charge in [0.2, 0.25) is 10.0 Å². The van der Waals surface area contributed by atoms with Gasteiger partial charge in [-0.15, -0.1) is 0 Å². The molecule has 1 atom stereocenters. The van der Waals surface area contributed by atoms with Crippen molar-refractivity contribution in [3.63, 3.8) is 0 Å². The Hall–Kier alpha value is -3.31. The molecule has 1 N–H and O–H groups in total. The van der Waals surface area contributed by atoms with Crippen molar-refractivity contribution in [2.75, 3.05) is 45.7 Å². The highest BCUT2D eigenvalue weighted by Crippen LogP contribution is 2.35. The van der Waals surface area contributed by atoms with Crippen LogP contribution in [0, 0.1) is 6.92 Å². The zero-order valence-electron chi connectivity index (χ0n) is 19.5. The zero-order chi connectivity index (χ0) is 24.6. The molecule has 0 aromatic heterocycles. The standard InChI is InChI=1S/C23H27N3O7S/c1-14-9-19-20(33-15(2)22(27)24-19)13-21(14)34(29,30)26-7-5-25(6-8-26)23(28)16-10-17(31-3)12-18(11-16)32-4/h9-13,15H,5-8H2,1-4H3,(H,24,27)/t15-/m0/s1. The van der Waals surface area contributed by atoms with Gasteiger partial charge >= 0.3 is 0 Å². The number of nitrogens with zero attached hydrogens (tertiary/aromatic N) is 2. The van der Waals surface area contributed by atoms with Gasteiger partial charge in [-0.3, -0.25) is 9.59 Å². The molecular weight excluding hydrogens is 462 g/mol. The fourth-order valence-corrected chi connectivity index (χ4v) is 5.65. The smallest absolute Gasteiger partial charge is 0.265 e. The number of anilines is 1. The van der Waals surface area contributed by atoms with Gasteiger partial charge in [0, 0.05) is 43.9 Å². The lowest BCUT2D eigenvalue weighted by atomic mass is 10.1. The van der Waals surface area contributed by atoms with E-state index in [9.17, 15) is 18.0 Å². The van der Waals surface area contributed by atoms with Crippen molar-refractivity contribution in [2.45, 2.75) is 24.8 Å². The Balaban J connectivity index is 1.51. The number of benzene rings is 2. The third-order valence-corrected chi connectivity index (χ3v) is 7.99. The van der Waals surface area contributed by atoms with Crippen LogP contribution in [-0.4, -0.2) is 75.9 Å². The summed E-state index contributed by atoms with van der Waals surface area (Å²) in [6, 6.07) is 7.99. The predicted molar refractivity (Wildman–Crippen MR) is 124 cm³/mol. The van der Waals surface area contributed by atoms with Gasteiger partial charge in [0.15, 0.2) is 6.10 Å². The molecule has 2 aliphatic rings. The maximum absolute atomic E-state index is 13.4. The van der Waals surface area contributed by atoms with Crippen LogP contribution in [0.4, 0.5) is 5.69 Å². The first-order valence-corrected chi connectivity index (χ1v) is 12.2. The van der Waals surface area contributed by atoms with Crippen LogP contribution in [-0.2, 0) is 14.8 Å². The van der Waals surface area contributed by atoms with E-state index >= 15 is 0 Å². The fourth-order valence-electron chi connectivity index (χ4n) is 4.00.